The molecule has 2 atom stereocenters. The van der Waals surface area contributed by atoms with E-state index in [4.69, 9.17) is 21.1 Å². The topological polar surface area (TPSA) is 102 Å². The van der Waals surface area contributed by atoms with Crippen LogP contribution in [0.2, 0.25) is 5.02 Å². The van der Waals surface area contributed by atoms with Crippen LogP contribution < -0.4 is 14.4 Å². The van der Waals surface area contributed by atoms with E-state index in [-0.39, 0.29) is 22.6 Å². The second kappa shape index (κ2) is 13.2. The van der Waals surface area contributed by atoms with Crippen LogP contribution in [0.15, 0.2) is 76.6 Å². The van der Waals surface area contributed by atoms with Crippen molar-refractivity contribution in [2.24, 2.45) is 5.92 Å². The number of rotatable bonds is 10. The van der Waals surface area contributed by atoms with E-state index in [0.717, 1.165) is 23.3 Å². The molecule has 8 nitrogen and oxygen atoms in total. The normalized spacial score (nSPS) is 18.8. The molecule has 1 amide bonds. The van der Waals surface area contributed by atoms with Gasteiger partial charge >= 0.3 is 5.91 Å². The van der Waals surface area contributed by atoms with Crippen molar-refractivity contribution in [1.82, 2.24) is 10.2 Å². The lowest BCUT2D eigenvalue weighted by Gasteiger charge is -2.23. The van der Waals surface area contributed by atoms with Crippen LogP contribution in [-0.4, -0.2) is 39.7 Å². The molecule has 0 aliphatic carbocycles. The number of hydrogen-bond acceptors (Lipinski definition) is 9. The number of aliphatic hydroxyl groups excluding tert-OH is 1. The molecule has 1 aromatic heterocycles. The van der Waals surface area contributed by atoms with Crippen molar-refractivity contribution in [2.75, 3.05) is 11.5 Å². The van der Waals surface area contributed by atoms with E-state index in [1.807, 2.05) is 61.5 Å². The number of Topliss-reactive ketones (excluding diaryl/α,β-unsaturated/α-hetero) is 1. The Kier molecular flexibility index (Phi) is 9.16. The number of aliphatic hydroxyl groups is 1. The van der Waals surface area contributed by atoms with Crippen molar-refractivity contribution in [2.45, 2.75) is 55.9 Å². The monoisotopic (exact) mass is 661 g/mol. The minimum Gasteiger partial charge on any atom is -0.507 e. The lowest BCUT2D eigenvalue weighted by atomic mass is 9.94. The molecule has 3 aromatic carbocycles. The van der Waals surface area contributed by atoms with E-state index >= 15 is 0 Å². The third kappa shape index (κ3) is 6.59. The highest BCUT2D eigenvalue weighted by Crippen LogP contribution is 2.45. The van der Waals surface area contributed by atoms with Crippen molar-refractivity contribution in [3.8, 4) is 11.5 Å². The van der Waals surface area contributed by atoms with Crippen LogP contribution >= 0.6 is 34.7 Å². The Morgan fingerprint density at radius 3 is 2.76 bits per heavy atom. The molecule has 11 heteroatoms. The number of nitrogens with zero attached hydrogens (tertiary/aromatic N) is 3. The Morgan fingerprint density at radius 1 is 1.13 bits per heavy atom. The summed E-state index contributed by atoms with van der Waals surface area (Å²) in [6.07, 6.45) is 1.58. The maximum absolute atomic E-state index is 13.7. The van der Waals surface area contributed by atoms with Crippen LogP contribution in [-0.2, 0) is 21.8 Å². The molecule has 2 aliphatic rings. The minimum absolute atomic E-state index is 0.0174. The molecule has 3 heterocycles. The van der Waals surface area contributed by atoms with Gasteiger partial charge in [-0.3, -0.25) is 14.5 Å². The van der Waals surface area contributed by atoms with Crippen molar-refractivity contribution in [1.29, 1.82) is 0 Å². The fourth-order valence-corrected chi connectivity index (χ4v) is 7.52. The number of ketones is 1. The van der Waals surface area contributed by atoms with E-state index in [0.29, 0.717) is 50.9 Å². The van der Waals surface area contributed by atoms with Crippen LogP contribution in [0.5, 0.6) is 11.5 Å². The van der Waals surface area contributed by atoms with Crippen LogP contribution in [0.3, 0.4) is 0 Å². The number of aromatic nitrogens is 2. The third-order valence-corrected chi connectivity index (χ3v) is 10.1. The van der Waals surface area contributed by atoms with Crippen molar-refractivity contribution in [3.05, 3.63) is 99.6 Å². The Bertz CT molecular complexity index is 1790. The first-order chi connectivity index (χ1) is 21.7. The predicted octanol–water partition coefficient (Wildman–Crippen LogP) is 7.86. The summed E-state index contributed by atoms with van der Waals surface area (Å²) in [5, 5.41) is 21.2. The fourth-order valence-electron chi connectivity index (χ4n) is 5.37. The smallest absolute Gasteiger partial charge is 0.301 e. The molecule has 45 heavy (non-hydrogen) atoms. The number of ether oxygens (including phenoxy) is 2. The zero-order valence-electron chi connectivity index (χ0n) is 25.0. The van der Waals surface area contributed by atoms with Gasteiger partial charge in [-0.25, -0.2) is 0 Å². The lowest BCUT2D eigenvalue weighted by Crippen LogP contribution is -2.29. The minimum atomic E-state index is -0.948. The molecule has 0 radical (unpaired) electrons. The highest BCUT2D eigenvalue weighted by atomic mass is 35.5. The van der Waals surface area contributed by atoms with Crippen molar-refractivity contribution in [3.63, 3.8) is 0 Å². The molecule has 1 fully saturated rings. The summed E-state index contributed by atoms with van der Waals surface area (Å²) < 4.78 is 12.5. The van der Waals surface area contributed by atoms with Gasteiger partial charge in [0.2, 0.25) is 5.13 Å². The number of carbonyl (C=O) groups excluding carboxylic acids is 2. The van der Waals surface area contributed by atoms with Gasteiger partial charge < -0.3 is 14.6 Å². The number of benzene rings is 3. The molecule has 4 aromatic rings. The average molecular weight is 662 g/mol. The van der Waals surface area contributed by atoms with Crippen LogP contribution in [0.4, 0.5) is 5.13 Å². The summed E-state index contributed by atoms with van der Waals surface area (Å²) >= 11 is 8.98. The fraction of sp³-hybridized carbons (Fsp3) is 0.294. The summed E-state index contributed by atoms with van der Waals surface area (Å²) in [6.45, 7) is 6.76. The number of carbonyl (C=O) groups is 2. The van der Waals surface area contributed by atoms with Gasteiger partial charge in [-0.1, -0.05) is 78.9 Å². The van der Waals surface area contributed by atoms with Gasteiger partial charge in [0.15, 0.2) is 4.34 Å². The molecule has 2 aliphatic heterocycles. The summed E-state index contributed by atoms with van der Waals surface area (Å²) in [6, 6.07) is 19.2. The standard InChI is InChI=1S/C34H32ClN3O5S2/c1-19(2)13-14-42-25-9-6-8-21(17-25)29-28(30(39)22-11-12-27-24(16-22)15-20(3)43-27)31(40)32(41)38(29)33-36-37-34(45-33)44-18-23-7-4-5-10-26(23)35/h4-12,16-17,19-20,29,39H,13-15,18H2,1-3H3/b30-28+/t20-,29-/m0/s1. The molecule has 1 N–H and O–H groups in total. The first-order valence-electron chi connectivity index (χ1n) is 14.7. The molecule has 232 valence electrons. The van der Waals surface area contributed by atoms with Crippen LogP contribution in [0.25, 0.3) is 5.76 Å². The molecular weight excluding hydrogens is 630 g/mol. The Balaban J connectivity index is 1.38. The molecular formula is C34H32ClN3O5S2. The van der Waals surface area contributed by atoms with Gasteiger partial charge in [-0.2, -0.15) is 0 Å². The van der Waals surface area contributed by atoms with Gasteiger partial charge in [-0.15, -0.1) is 10.2 Å². The largest absolute Gasteiger partial charge is 0.507 e. The van der Waals surface area contributed by atoms with Crippen molar-refractivity contribution < 1.29 is 24.2 Å². The van der Waals surface area contributed by atoms with E-state index in [1.54, 1.807) is 12.1 Å². The molecule has 0 spiro atoms. The number of amides is 1. The molecule has 1 saturated heterocycles. The van der Waals surface area contributed by atoms with Gasteiger partial charge in [0, 0.05) is 22.8 Å². The van der Waals surface area contributed by atoms with Gasteiger partial charge in [-0.05, 0) is 72.4 Å². The average Bonchev–Trinajstić information content (AvgIpc) is 3.71. The first kappa shape index (κ1) is 31.1. The zero-order valence-corrected chi connectivity index (χ0v) is 27.4. The number of fused-ring (bicyclic) bond motifs is 1. The number of thioether (sulfide) groups is 1. The molecule has 0 unspecified atom stereocenters. The second-order valence-corrected chi connectivity index (χ2v) is 14.0. The summed E-state index contributed by atoms with van der Waals surface area (Å²) in [5.74, 6) is 0.551. The van der Waals surface area contributed by atoms with E-state index < -0.39 is 17.7 Å². The van der Waals surface area contributed by atoms with E-state index in [9.17, 15) is 14.7 Å². The summed E-state index contributed by atoms with van der Waals surface area (Å²) in [5.41, 5.74) is 2.90. The maximum atomic E-state index is 13.7. The van der Waals surface area contributed by atoms with Gasteiger partial charge in [0.1, 0.15) is 23.4 Å². The quantitative estimate of drug-likeness (QED) is 0.0603. The summed E-state index contributed by atoms with van der Waals surface area (Å²) in [7, 11) is 0. The summed E-state index contributed by atoms with van der Waals surface area (Å²) in [4.78, 5) is 28.8. The van der Waals surface area contributed by atoms with Crippen LogP contribution in [0, 0.1) is 5.92 Å². The highest BCUT2D eigenvalue weighted by molar-refractivity contribution is 8.00. The van der Waals surface area contributed by atoms with Gasteiger partial charge in [0.25, 0.3) is 5.78 Å². The highest BCUT2D eigenvalue weighted by Gasteiger charge is 2.48. The molecule has 0 saturated carbocycles. The third-order valence-electron chi connectivity index (χ3n) is 7.66. The Hall–Kier alpha value is -3.86. The number of hydrogen-bond donors (Lipinski definition) is 1. The Morgan fingerprint density at radius 2 is 1.96 bits per heavy atom. The number of anilines is 1. The van der Waals surface area contributed by atoms with E-state index in [1.165, 1.54) is 28.0 Å². The second-order valence-electron chi connectivity index (χ2n) is 11.5. The molecule has 0 bridgehead atoms. The molecule has 6 rings (SSSR count). The van der Waals surface area contributed by atoms with Gasteiger partial charge in [0.05, 0.1) is 18.2 Å². The number of halogens is 1. The SMILES string of the molecule is CC(C)CCOc1cccc([C@H]2/C(=C(\O)c3ccc4c(c3)C[C@H](C)O4)C(=O)C(=O)N2c2nnc(SCc3ccccc3Cl)s2)c1. The van der Waals surface area contributed by atoms with Crippen LogP contribution in [0.1, 0.15) is 55.5 Å². The maximum Gasteiger partial charge on any atom is 0.301 e. The van der Waals surface area contributed by atoms with Crippen molar-refractivity contribution >= 4 is 57.3 Å². The van der Waals surface area contributed by atoms with E-state index in [2.05, 4.69) is 24.0 Å². The lowest BCUT2D eigenvalue weighted by molar-refractivity contribution is -0.132. The Labute approximate surface area is 275 Å². The zero-order chi connectivity index (χ0) is 31.7. The first-order valence-corrected chi connectivity index (χ1v) is 16.9. The predicted molar refractivity (Wildman–Crippen MR) is 177 cm³/mol.